The van der Waals surface area contributed by atoms with Crippen molar-refractivity contribution in [2.75, 3.05) is 6.61 Å². The van der Waals surface area contributed by atoms with Crippen molar-refractivity contribution < 1.29 is 24.0 Å². The summed E-state index contributed by atoms with van der Waals surface area (Å²) in [5.74, 6) is -0.111. The van der Waals surface area contributed by atoms with Crippen molar-refractivity contribution in [1.29, 1.82) is 0 Å². The van der Waals surface area contributed by atoms with Crippen molar-refractivity contribution in [2.24, 2.45) is 5.92 Å². The molecule has 0 aliphatic heterocycles. The first-order valence-corrected chi connectivity index (χ1v) is 7.86. The fraction of sp³-hybridized carbons (Fsp3) is 0.733. The van der Waals surface area contributed by atoms with Crippen molar-refractivity contribution in [2.45, 2.75) is 58.1 Å². The van der Waals surface area contributed by atoms with Gasteiger partial charge in [0, 0.05) is 0 Å². The topological polar surface area (TPSA) is 115 Å². The van der Waals surface area contributed by atoms with Crippen molar-refractivity contribution >= 4 is 11.9 Å². The molecule has 0 bridgehead atoms. The fourth-order valence-electron chi connectivity index (χ4n) is 2.90. The minimum atomic E-state index is -1.17. The highest BCUT2D eigenvalue weighted by atomic mass is 16.5. The summed E-state index contributed by atoms with van der Waals surface area (Å²) in [5, 5.41) is 15.8. The third-order valence-electron chi connectivity index (χ3n) is 4.35. The molecule has 1 fully saturated rings. The molecule has 2 rings (SSSR count). The van der Waals surface area contributed by atoms with Gasteiger partial charge < -0.3 is 19.7 Å². The molecular weight excluding hydrogens is 302 g/mol. The smallest absolute Gasteiger partial charge is 0.329 e. The lowest BCUT2D eigenvalue weighted by atomic mass is 9.75. The monoisotopic (exact) mass is 325 g/mol. The summed E-state index contributed by atoms with van der Waals surface area (Å²) in [6.45, 7) is 3.56. The maximum atomic E-state index is 12.0. The van der Waals surface area contributed by atoms with E-state index in [2.05, 4.69) is 22.4 Å². The predicted octanol–water partition coefficient (Wildman–Crippen LogP) is 1.43. The van der Waals surface area contributed by atoms with E-state index >= 15 is 0 Å². The maximum absolute atomic E-state index is 12.0. The Bertz CT molecular complexity index is 549. The summed E-state index contributed by atoms with van der Waals surface area (Å²) in [4.78, 5) is 27.6. The average molecular weight is 325 g/mol. The Morgan fingerprint density at radius 3 is 2.65 bits per heavy atom. The van der Waals surface area contributed by atoms with Crippen molar-refractivity contribution in [3.05, 3.63) is 11.7 Å². The van der Waals surface area contributed by atoms with Gasteiger partial charge in [-0.1, -0.05) is 18.5 Å². The zero-order valence-corrected chi connectivity index (χ0v) is 13.5. The van der Waals surface area contributed by atoms with E-state index in [4.69, 9.17) is 9.26 Å². The minimum Gasteiger partial charge on any atom is -0.480 e. The van der Waals surface area contributed by atoms with Gasteiger partial charge in [-0.15, -0.1) is 0 Å². The average Bonchev–Trinajstić information content (AvgIpc) is 2.93. The van der Waals surface area contributed by atoms with Gasteiger partial charge in [-0.2, -0.15) is 4.98 Å². The molecule has 1 amide bonds. The molecule has 0 saturated heterocycles. The highest BCUT2D eigenvalue weighted by molar-refractivity contribution is 5.87. The Morgan fingerprint density at radius 2 is 2.13 bits per heavy atom. The van der Waals surface area contributed by atoms with Gasteiger partial charge in [-0.05, 0) is 38.5 Å². The zero-order valence-electron chi connectivity index (χ0n) is 13.5. The number of aromatic nitrogens is 2. The molecule has 8 heteroatoms. The first-order chi connectivity index (χ1) is 10.9. The minimum absolute atomic E-state index is 0.0201. The lowest BCUT2D eigenvalue weighted by Gasteiger charge is -2.37. The number of carbonyl (C=O) groups excluding carboxylic acids is 1. The third kappa shape index (κ3) is 4.51. The van der Waals surface area contributed by atoms with Crippen LogP contribution in [0.25, 0.3) is 0 Å². The van der Waals surface area contributed by atoms with E-state index in [1.165, 1.54) is 0 Å². The van der Waals surface area contributed by atoms with Gasteiger partial charge in [0.25, 0.3) is 5.89 Å². The summed E-state index contributed by atoms with van der Waals surface area (Å²) < 4.78 is 10.1. The number of carboxylic acid groups (broad SMARTS) is 1. The molecule has 0 aromatic carbocycles. The van der Waals surface area contributed by atoms with E-state index < -0.39 is 17.4 Å². The van der Waals surface area contributed by atoms with Crippen LogP contribution in [0.5, 0.6) is 0 Å². The summed E-state index contributed by atoms with van der Waals surface area (Å²) in [7, 11) is 0. The number of nitrogens with one attached hydrogen (secondary N) is 1. The van der Waals surface area contributed by atoms with E-state index in [-0.39, 0.29) is 19.1 Å². The van der Waals surface area contributed by atoms with Gasteiger partial charge in [-0.3, -0.25) is 4.79 Å². The molecule has 0 atom stereocenters. The van der Waals surface area contributed by atoms with Crippen LogP contribution in [-0.2, 0) is 20.9 Å². The molecule has 1 aliphatic carbocycles. The van der Waals surface area contributed by atoms with Crippen LogP contribution in [0.4, 0.5) is 0 Å². The second-order valence-corrected chi connectivity index (χ2v) is 6.02. The molecule has 1 aromatic rings. The number of aliphatic carboxylic acids is 1. The lowest BCUT2D eigenvalue weighted by Crippen LogP contribution is -2.57. The molecule has 128 valence electrons. The standard InChI is InChI=1S/C15H23N3O5/c1-3-11-4-6-15(7-5-11,14(20)21)17-12(19)8-22-9-13-16-10(2)18-23-13/h11H,3-9H2,1-2H3,(H,17,19)(H,20,21). The molecule has 23 heavy (non-hydrogen) atoms. The molecule has 1 aliphatic rings. The molecule has 0 radical (unpaired) electrons. The third-order valence-corrected chi connectivity index (χ3v) is 4.35. The Morgan fingerprint density at radius 1 is 1.43 bits per heavy atom. The number of carbonyl (C=O) groups is 2. The zero-order chi connectivity index (χ0) is 16.9. The van der Waals surface area contributed by atoms with E-state index in [0.29, 0.717) is 24.6 Å². The number of hydrogen-bond acceptors (Lipinski definition) is 6. The number of amides is 1. The van der Waals surface area contributed by atoms with E-state index in [1.54, 1.807) is 6.92 Å². The van der Waals surface area contributed by atoms with Crippen LogP contribution in [-0.4, -0.2) is 39.3 Å². The molecule has 0 unspecified atom stereocenters. The highest BCUT2D eigenvalue weighted by Crippen LogP contribution is 2.34. The van der Waals surface area contributed by atoms with Crippen molar-refractivity contribution in [3.63, 3.8) is 0 Å². The highest BCUT2D eigenvalue weighted by Gasteiger charge is 2.42. The van der Waals surface area contributed by atoms with Crippen LogP contribution < -0.4 is 5.32 Å². The SMILES string of the molecule is CCC1CCC(NC(=O)COCc2nc(C)no2)(C(=O)O)CC1. The normalized spacial score (nSPS) is 24.3. The first kappa shape index (κ1) is 17.4. The van der Waals surface area contributed by atoms with Gasteiger partial charge in [0.1, 0.15) is 18.8 Å². The number of ether oxygens (including phenoxy) is 1. The van der Waals surface area contributed by atoms with Crippen molar-refractivity contribution in [3.8, 4) is 0 Å². The molecular formula is C15H23N3O5. The number of carboxylic acids is 1. The van der Waals surface area contributed by atoms with Gasteiger partial charge in [-0.25, -0.2) is 4.79 Å². The molecule has 1 aromatic heterocycles. The van der Waals surface area contributed by atoms with Crippen LogP contribution in [0, 0.1) is 12.8 Å². The maximum Gasteiger partial charge on any atom is 0.329 e. The Kier molecular flexibility index (Phi) is 5.70. The predicted molar refractivity (Wildman–Crippen MR) is 79.4 cm³/mol. The Hall–Kier alpha value is -1.96. The second-order valence-electron chi connectivity index (χ2n) is 6.02. The fourth-order valence-corrected chi connectivity index (χ4v) is 2.90. The Balaban J connectivity index is 1.82. The van der Waals surface area contributed by atoms with Crippen LogP contribution in [0.3, 0.4) is 0 Å². The molecule has 2 N–H and O–H groups in total. The number of rotatable bonds is 7. The summed E-state index contributed by atoms with van der Waals surface area (Å²) in [6.07, 6.45) is 3.57. The second kappa shape index (κ2) is 7.54. The van der Waals surface area contributed by atoms with Crippen LogP contribution in [0.15, 0.2) is 4.52 Å². The summed E-state index contributed by atoms with van der Waals surface area (Å²) in [6, 6.07) is 0. The molecule has 8 nitrogen and oxygen atoms in total. The van der Waals surface area contributed by atoms with Gasteiger partial charge >= 0.3 is 5.97 Å². The van der Waals surface area contributed by atoms with Gasteiger partial charge in [0.2, 0.25) is 5.91 Å². The summed E-state index contributed by atoms with van der Waals surface area (Å²) in [5.41, 5.74) is -1.17. The van der Waals surface area contributed by atoms with Crippen LogP contribution in [0.1, 0.15) is 50.7 Å². The van der Waals surface area contributed by atoms with Crippen molar-refractivity contribution in [1.82, 2.24) is 15.5 Å². The van der Waals surface area contributed by atoms with Crippen LogP contribution in [0.2, 0.25) is 0 Å². The first-order valence-electron chi connectivity index (χ1n) is 7.86. The number of nitrogens with zero attached hydrogens (tertiary/aromatic N) is 2. The number of hydrogen-bond donors (Lipinski definition) is 2. The summed E-state index contributed by atoms with van der Waals surface area (Å²) >= 11 is 0. The largest absolute Gasteiger partial charge is 0.480 e. The van der Waals surface area contributed by atoms with E-state index in [0.717, 1.165) is 19.3 Å². The van der Waals surface area contributed by atoms with Gasteiger partial charge in [0.15, 0.2) is 5.82 Å². The van der Waals surface area contributed by atoms with E-state index in [9.17, 15) is 14.7 Å². The molecule has 0 spiro atoms. The van der Waals surface area contributed by atoms with Gasteiger partial charge in [0.05, 0.1) is 0 Å². The Labute approximate surface area is 134 Å². The van der Waals surface area contributed by atoms with Crippen LogP contribution >= 0.6 is 0 Å². The number of aryl methyl sites for hydroxylation is 1. The molecule has 1 saturated carbocycles. The quantitative estimate of drug-likeness (QED) is 0.779. The lowest BCUT2D eigenvalue weighted by molar-refractivity contribution is -0.150. The molecule has 1 heterocycles. The van der Waals surface area contributed by atoms with E-state index in [1.807, 2.05) is 0 Å².